The monoisotopic (exact) mass is 805 g/mol. The first-order valence-corrected chi connectivity index (χ1v) is 19.1. The Kier molecular flexibility index (Phi) is 21.2. The van der Waals surface area contributed by atoms with Crippen LogP contribution in [0.15, 0.2) is 30.3 Å². The van der Waals surface area contributed by atoms with E-state index in [1.807, 2.05) is 0 Å². The topological polar surface area (TPSA) is 325 Å². The molecule has 1 aliphatic heterocycles. The van der Waals surface area contributed by atoms with Crippen LogP contribution >= 0.6 is 0 Å². The fraction of sp³-hybridized carbons (Fsp3) is 0.622. The Balaban J connectivity index is 2.26. The van der Waals surface area contributed by atoms with Gasteiger partial charge in [0.1, 0.15) is 42.3 Å². The SMILES string of the molecule is CC(=O)N[C@@H](CCCCN)C(=O)N[C@@H](CO)C(=O)N[C@@H](Cc1ccccc1)C(=O)N[C@@H](CO)C(=O)N[C@@H](CCCCN)C(=O)N1CCC[C@H]1C(=O)N[C@@H](C)C(=O)O. The number of aliphatic carboxylic acids is 1. The number of amides is 7. The maximum Gasteiger partial charge on any atom is 0.325 e. The molecule has 0 aromatic heterocycles. The molecule has 0 radical (unpaired) electrons. The van der Waals surface area contributed by atoms with Crippen LogP contribution in [-0.4, -0.2) is 143 Å². The molecule has 0 saturated carbocycles. The number of aliphatic hydroxyl groups excluding tert-OH is 2. The smallest absolute Gasteiger partial charge is 0.325 e. The first kappa shape index (κ1) is 48.0. The number of carboxylic acids is 1. The molecule has 0 aliphatic carbocycles. The second kappa shape index (κ2) is 25.1. The van der Waals surface area contributed by atoms with E-state index in [0.717, 1.165) is 0 Å². The van der Waals surface area contributed by atoms with E-state index in [9.17, 15) is 53.7 Å². The minimum Gasteiger partial charge on any atom is -0.480 e. The molecular formula is C37H59N9O11. The van der Waals surface area contributed by atoms with E-state index in [4.69, 9.17) is 11.5 Å². The largest absolute Gasteiger partial charge is 0.480 e. The fourth-order valence-corrected chi connectivity index (χ4v) is 6.17. The molecule has 0 unspecified atom stereocenters. The van der Waals surface area contributed by atoms with Gasteiger partial charge in [-0.2, -0.15) is 0 Å². The van der Waals surface area contributed by atoms with Gasteiger partial charge in [0.15, 0.2) is 0 Å². The average Bonchev–Trinajstić information content (AvgIpc) is 3.68. The molecule has 0 spiro atoms. The molecule has 0 bridgehead atoms. The van der Waals surface area contributed by atoms with Gasteiger partial charge in [0.05, 0.1) is 13.2 Å². The van der Waals surface area contributed by atoms with E-state index in [-0.39, 0.29) is 32.2 Å². The number of likely N-dealkylation sites (tertiary alicyclic amines) is 1. The minimum absolute atomic E-state index is 0.0982. The van der Waals surface area contributed by atoms with E-state index in [2.05, 4.69) is 31.9 Å². The van der Waals surface area contributed by atoms with Gasteiger partial charge in [-0.05, 0) is 76.9 Å². The van der Waals surface area contributed by atoms with Crippen LogP contribution in [0, 0.1) is 0 Å². The zero-order chi connectivity index (χ0) is 42.5. The Hall–Kier alpha value is -5.18. The molecule has 1 aromatic carbocycles. The second-order valence-corrected chi connectivity index (χ2v) is 13.9. The predicted octanol–water partition coefficient (Wildman–Crippen LogP) is -3.50. The molecule has 1 heterocycles. The maximum absolute atomic E-state index is 13.8. The lowest BCUT2D eigenvalue weighted by Crippen LogP contribution is -2.61. The van der Waals surface area contributed by atoms with Crippen molar-refractivity contribution in [2.75, 3.05) is 32.8 Å². The summed E-state index contributed by atoms with van der Waals surface area (Å²) in [7, 11) is 0. The summed E-state index contributed by atoms with van der Waals surface area (Å²) in [5, 5.41) is 44.3. The predicted molar refractivity (Wildman–Crippen MR) is 205 cm³/mol. The van der Waals surface area contributed by atoms with E-state index in [1.54, 1.807) is 30.3 Å². The van der Waals surface area contributed by atoms with Crippen LogP contribution < -0.4 is 43.4 Å². The van der Waals surface area contributed by atoms with Crippen molar-refractivity contribution in [3.63, 3.8) is 0 Å². The molecule has 1 fully saturated rings. The third-order valence-corrected chi connectivity index (χ3v) is 9.32. The number of unbranched alkanes of at least 4 members (excludes halogenated alkanes) is 2. The Labute approximate surface area is 331 Å². The minimum atomic E-state index is -1.62. The summed E-state index contributed by atoms with van der Waals surface area (Å²) >= 11 is 0. The van der Waals surface area contributed by atoms with Crippen molar-refractivity contribution in [1.82, 2.24) is 36.8 Å². The van der Waals surface area contributed by atoms with Crippen LogP contribution in [0.4, 0.5) is 0 Å². The molecule has 318 valence electrons. The number of hydrogen-bond donors (Lipinski definition) is 11. The normalized spacial score (nSPS) is 16.8. The number of nitrogens with zero attached hydrogens (tertiary/aromatic N) is 1. The summed E-state index contributed by atoms with van der Waals surface area (Å²) in [5.74, 6) is -6.58. The van der Waals surface area contributed by atoms with Gasteiger partial charge in [-0.1, -0.05) is 30.3 Å². The van der Waals surface area contributed by atoms with Gasteiger partial charge < -0.3 is 63.6 Å². The number of rotatable bonds is 25. The van der Waals surface area contributed by atoms with Crippen molar-refractivity contribution in [3.05, 3.63) is 35.9 Å². The lowest BCUT2D eigenvalue weighted by atomic mass is 10.0. The number of nitrogens with one attached hydrogen (secondary N) is 6. The number of carbonyl (C=O) groups excluding carboxylic acids is 7. The van der Waals surface area contributed by atoms with Gasteiger partial charge >= 0.3 is 5.97 Å². The molecule has 20 nitrogen and oxygen atoms in total. The van der Waals surface area contributed by atoms with Gasteiger partial charge in [-0.25, -0.2) is 0 Å². The molecule has 2 rings (SSSR count). The van der Waals surface area contributed by atoms with E-state index in [1.165, 1.54) is 18.7 Å². The van der Waals surface area contributed by atoms with Gasteiger partial charge in [-0.15, -0.1) is 0 Å². The van der Waals surface area contributed by atoms with Crippen molar-refractivity contribution in [3.8, 4) is 0 Å². The van der Waals surface area contributed by atoms with Crippen LogP contribution in [0.5, 0.6) is 0 Å². The summed E-state index contributed by atoms with van der Waals surface area (Å²) < 4.78 is 0. The van der Waals surface area contributed by atoms with Gasteiger partial charge in [0.25, 0.3) is 0 Å². The molecule has 7 amide bonds. The number of carbonyl (C=O) groups is 8. The van der Waals surface area contributed by atoms with Crippen molar-refractivity contribution < 1.29 is 53.7 Å². The molecule has 20 heteroatoms. The standard InChI is InChI=1S/C37H59N9O11/c1-22(37(56)57)40-35(54)30-15-10-18-46(30)36(55)26(14-7-9-17-39)42-33(52)28(20-47)45-32(51)27(19-24-11-4-3-5-12-24)43-34(53)29(21-48)44-31(50)25(41-23(2)49)13-6-8-16-38/h3-5,11-12,22,25-30,47-48H,6-10,13-21,38-39H2,1-2H3,(H,40,54)(H,41,49)(H,42,52)(H,43,53)(H,44,50)(H,45,51)(H,56,57)/t22-,25-,26-,27-,28-,29-,30-/m0/s1. The van der Waals surface area contributed by atoms with E-state index in [0.29, 0.717) is 50.8 Å². The third kappa shape index (κ3) is 16.1. The quantitative estimate of drug-likeness (QED) is 0.0428. The van der Waals surface area contributed by atoms with Crippen LogP contribution in [0.25, 0.3) is 0 Å². The highest BCUT2D eigenvalue weighted by atomic mass is 16.4. The molecule has 57 heavy (non-hydrogen) atoms. The highest BCUT2D eigenvalue weighted by Crippen LogP contribution is 2.20. The Morgan fingerprint density at radius 1 is 0.702 bits per heavy atom. The molecular weight excluding hydrogens is 746 g/mol. The number of nitrogens with two attached hydrogens (primary N) is 2. The Bertz CT molecular complexity index is 1520. The lowest BCUT2D eigenvalue weighted by molar-refractivity contribution is -0.144. The number of benzene rings is 1. The van der Waals surface area contributed by atoms with Gasteiger partial charge in [0, 0.05) is 19.9 Å². The average molecular weight is 806 g/mol. The van der Waals surface area contributed by atoms with Crippen LogP contribution in [0.2, 0.25) is 0 Å². The summed E-state index contributed by atoms with van der Waals surface area (Å²) in [5.41, 5.74) is 11.8. The zero-order valence-corrected chi connectivity index (χ0v) is 32.5. The summed E-state index contributed by atoms with van der Waals surface area (Å²) in [6.45, 7) is 1.56. The first-order chi connectivity index (χ1) is 27.2. The molecule has 13 N–H and O–H groups in total. The van der Waals surface area contributed by atoms with Crippen molar-refractivity contribution in [1.29, 1.82) is 0 Å². The molecule has 7 atom stereocenters. The maximum atomic E-state index is 13.8. The first-order valence-electron chi connectivity index (χ1n) is 19.1. The number of aliphatic hydroxyl groups is 2. The van der Waals surface area contributed by atoms with Crippen molar-refractivity contribution in [2.45, 2.75) is 114 Å². The van der Waals surface area contributed by atoms with Crippen molar-refractivity contribution >= 4 is 47.3 Å². The third-order valence-electron chi connectivity index (χ3n) is 9.32. The van der Waals surface area contributed by atoms with Crippen LogP contribution in [0.1, 0.15) is 70.8 Å². The van der Waals surface area contributed by atoms with Crippen LogP contribution in [-0.2, 0) is 44.8 Å². The summed E-state index contributed by atoms with van der Waals surface area (Å²) in [6.07, 6.45) is 2.89. The highest BCUT2D eigenvalue weighted by Gasteiger charge is 2.39. The van der Waals surface area contributed by atoms with Gasteiger partial charge in [-0.3, -0.25) is 38.4 Å². The fourth-order valence-electron chi connectivity index (χ4n) is 6.17. The number of hydrogen-bond acceptors (Lipinski definition) is 12. The molecule has 1 saturated heterocycles. The summed E-state index contributed by atoms with van der Waals surface area (Å²) in [4.78, 5) is 105. The van der Waals surface area contributed by atoms with Crippen molar-refractivity contribution in [2.24, 2.45) is 11.5 Å². The molecule has 1 aromatic rings. The Morgan fingerprint density at radius 3 is 1.70 bits per heavy atom. The molecule has 1 aliphatic rings. The van der Waals surface area contributed by atoms with E-state index >= 15 is 0 Å². The summed E-state index contributed by atoms with van der Waals surface area (Å²) in [6, 6.07) is -0.489. The van der Waals surface area contributed by atoms with E-state index < -0.39 is 103 Å². The Morgan fingerprint density at radius 2 is 1.19 bits per heavy atom. The zero-order valence-electron chi connectivity index (χ0n) is 32.5. The number of carboxylic acid groups (broad SMARTS) is 1. The van der Waals surface area contributed by atoms with Crippen LogP contribution in [0.3, 0.4) is 0 Å². The lowest BCUT2D eigenvalue weighted by Gasteiger charge is -2.30. The second-order valence-electron chi connectivity index (χ2n) is 13.9. The highest BCUT2D eigenvalue weighted by molar-refractivity contribution is 5.97. The van der Waals surface area contributed by atoms with Gasteiger partial charge in [0.2, 0.25) is 41.4 Å².